The molecule has 92 valence electrons. The Labute approximate surface area is 109 Å². The molecule has 0 bridgehead atoms. The van der Waals surface area contributed by atoms with Crippen LogP contribution in [0.5, 0.6) is 0 Å². The van der Waals surface area contributed by atoms with Gasteiger partial charge in [-0.2, -0.15) is 4.37 Å². The zero-order valence-electron chi connectivity index (χ0n) is 10.1. The van der Waals surface area contributed by atoms with Gasteiger partial charge < -0.3 is 10.3 Å². The predicted molar refractivity (Wildman–Crippen MR) is 74.9 cm³/mol. The van der Waals surface area contributed by atoms with Crippen molar-refractivity contribution in [3.05, 3.63) is 42.5 Å². The van der Waals surface area contributed by atoms with Crippen molar-refractivity contribution in [1.82, 2.24) is 14.3 Å². The number of aromatic nitrogens is 3. The van der Waals surface area contributed by atoms with E-state index in [1.807, 2.05) is 24.4 Å². The molecule has 0 radical (unpaired) electrons. The molecule has 5 heteroatoms. The lowest BCUT2D eigenvalue weighted by Gasteiger charge is -2.14. The van der Waals surface area contributed by atoms with Gasteiger partial charge in [-0.1, -0.05) is 19.1 Å². The lowest BCUT2D eigenvalue weighted by atomic mass is 10.2. The lowest BCUT2D eigenvalue weighted by Crippen LogP contribution is -2.10. The molecule has 0 aliphatic heterocycles. The zero-order valence-corrected chi connectivity index (χ0v) is 10.9. The highest BCUT2D eigenvalue weighted by Crippen LogP contribution is 2.30. The largest absolute Gasteiger partial charge is 0.365 e. The molecular formula is C13H14N4S. The normalized spacial score (nSPS) is 12.7. The highest BCUT2D eigenvalue weighted by atomic mass is 32.1. The van der Waals surface area contributed by atoms with Crippen molar-refractivity contribution >= 4 is 27.4 Å². The van der Waals surface area contributed by atoms with E-state index >= 15 is 0 Å². The molecule has 1 unspecified atom stereocenters. The molecule has 1 aromatic carbocycles. The molecule has 0 fully saturated rings. The van der Waals surface area contributed by atoms with Crippen molar-refractivity contribution in [3.8, 4) is 0 Å². The minimum absolute atomic E-state index is 0.198. The summed E-state index contributed by atoms with van der Waals surface area (Å²) in [5.41, 5.74) is 1.04. The molecule has 3 rings (SSSR count). The quantitative estimate of drug-likeness (QED) is 0.752. The van der Waals surface area contributed by atoms with E-state index in [9.17, 15) is 0 Å². The highest BCUT2D eigenvalue weighted by Gasteiger charge is 2.14. The van der Waals surface area contributed by atoms with E-state index in [2.05, 4.69) is 32.6 Å². The first-order valence-corrected chi connectivity index (χ1v) is 6.76. The number of rotatable bonds is 4. The van der Waals surface area contributed by atoms with E-state index < -0.39 is 0 Å². The van der Waals surface area contributed by atoms with E-state index in [1.165, 1.54) is 16.9 Å². The molecule has 0 aliphatic carbocycles. The molecule has 1 atom stereocenters. The third-order valence-electron chi connectivity index (χ3n) is 2.95. The van der Waals surface area contributed by atoms with Crippen LogP contribution >= 0.6 is 11.5 Å². The van der Waals surface area contributed by atoms with Crippen LogP contribution in [0.25, 0.3) is 10.9 Å². The van der Waals surface area contributed by atoms with Gasteiger partial charge in [0.25, 0.3) is 0 Å². The minimum atomic E-state index is 0.198. The van der Waals surface area contributed by atoms with E-state index in [-0.39, 0.29) is 6.04 Å². The summed E-state index contributed by atoms with van der Waals surface area (Å²) in [6.07, 6.45) is 4.61. The van der Waals surface area contributed by atoms with Gasteiger partial charge in [0.1, 0.15) is 10.8 Å². The van der Waals surface area contributed by atoms with Crippen LogP contribution in [-0.4, -0.2) is 14.3 Å². The number of benzene rings is 1. The Bertz CT molecular complexity index is 629. The third kappa shape index (κ3) is 1.97. The molecule has 2 aromatic heterocycles. The van der Waals surface area contributed by atoms with Gasteiger partial charge in [0.15, 0.2) is 0 Å². The smallest absolute Gasteiger partial charge is 0.128 e. The summed E-state index contributed by atoms with van der Waals surface area (Å²) in [4.78, 5) is 7.47. The van der Waals surface area contributed by atoms with Crippen LogP contribution in [0.2, 0.25) is 0 Å². The van der Waals surface area contributed by atoms with Gasteiger partial charge in [0.2, 0.25) is 0 Å². The summed E-state index contributed by atoms with van der Waals surface area (Å²) in [6.45, 7) is 2.14. The van der Waals surface area contributed by atoms with Gasteiger partial charge in [-0.25, -0.2) is 4.98 Å². The average molecular weight is 258 g/mol. The van der Waals surface area contributed by atoms with Crippen LogP contribution in [0, 0.1) is 0 Å². The Morgan fingerprint density at radius 2 is 2.28 bits per heavy atom. The summed E-state index contributed by atoms with van der Waals surface area (Å²) in [7, 11) is 0. The molecular weight excluding hydrogens is 244 g/mol. The van der Waals surface area contributed by atoms with Crippen molar-refractivity contribution in [2.45, 2.75) is 19.4 Å². The predicted octanol–water partition coefficient (Wildman–Crippen LogP) is 3.58. The summed E-state index contributed by atoms with van der Waals surface area (Å²) in [5, 5.41) is 5.80. The van der Waals surface area contributed by atoms with Crippen molar-refractivity contribution < 1.29 is 0 Å². The molecule has 3 aromatic rings. The molecule has 4 nitrogen and oxygen atoms in total. The molecule has 2 heterocycles. The second kappa shape index (κ2) is 4.78. The van der Waals surface area contributed by atoms with Crippen molar-refractivity contribution in [1.29, 1.82) is 0 Å². The number of nitrogens with zero attached hydrogens (tertiary/aromatic N) is 2. The van der Waals surface area contributed by atoms with Crippen LogP contribution in [0.3, 0.4) is 0 Å². The maximum absolute atomic E-state index is 4.44. The van der Waals surface area contributed by atoms with Gasteiger partial charge in [-0.05, 0) is 30.1 Å². The van der Waals surface area contributed by atoms with Crippen LogP contribution in [0.1, 0.15) is 25.2 Å². The fourth-order valence-corrected chi connectivity index (χ4v) is 2.80. The number of aromatic amines is 1. The molecule has 0 saturated carbocycles. The van der Waals surface area contributed by atoms with E-state index in [1.54, 1.807) is 6.20 Å². The highest BCUT2D eigenvalue weighted by molar-refractivity contribution is 7.11. The summed E-state index contributed by atoms with van der Waals surface area (Å²) < 4.78 is 4.44. The van der Waals surface area contributed by atoms with Gasteiger partial charge in [-0.3, -0.25) is 0 Å². The Morgan fingerprint density at radius 3 is 3.06 bits per heavy atom. The molecule has 18 heavy (non-hydrogen) atoms. The van der Waals surface area contributed by atoms with Gasteiger partial charge in [0.05, 0.1) is 11.6 Å². The van der Waals surface area contributed by atoms with E-state index in [4.69, 9.17) is 0 Å². The monoisotopic (exact) mass is 258 g/mol. The second-order valence-corrected chi connectivity index (χ2v) is 4.88. The Kier molecular flexibility index (Phi) is 2.98. The Balaban J connectivity index is 1.91. The number of anilines is 1. The van der Waals surface area contributed by atoms with Crippen LogP contribution in [0.15, 0.2) is 36.7 Å². The molecule has 0 amide bonds. The molecule has 0 saturated heterocycles. The zero-order chi connectivity index (χ0) is 12.4. The molecule has 2 N–H and O–H groups in total. The number of hydrogen-bond donors (Lipinski definition) is 2. The van der Waals surface area contributed by atoms with Crippen LogP contribution in [0.4, 0.5) is 5.00 Å². The number of hydrogen-bond acceptors (Lipinski definition) is 4. The number of fused-ring (bicyclic) bond motifs is 1. The number of imidazole rings is 1. The molecule has 0 aliphatic rings. The molecule has 0 spiro atoms. The van der Waals surface area contributed by atoms with Crippen molar-refractivity contribution in [2.24, 2.45) is 0 Å². The summed E-state index contributed by atoms with van der Waals surface area (Å²) in [5.74, 6) is 0.968. The lowest BCUT2D eigenvalue weighted by molar-refractivity contribution is 0.707. The van der Waals surface area contributed by atoms with Gasteiger partial charge >= 0.3 is 0 Å². The Morgan fingerprint density at radius 1 is 1.39 bits per heavy atom. The van der Waals surface area contributed by atoms with Crippen molar-refractivity contribution in [2.75, 3.05) is 5.32 Å². The summed E-state index contributed by atoms with van der Waals surface area (Å²) in [6, 6.07) is 8.37. The Hall–Kier alpha value is -1.88. The number of nitrogens with one attached hydrogen (secondary N) is 2. The third-order valence-corrected chi connectivity index (χ3v) is 3.76. The van der Waals surface area contributed by atoms with Crippen molar-refractivity contribution in [3.63, 3.8) is 0 Å². The topological polar surface area (TPSA) is 53.6 Å². The van der Waals surface area contributed by atoms with Gasteiger partial charge in [0, 0.05) is 17.8 Å². The SMILES string of the molecule is CCC(Nc1snc2ccccc12)c1ncc[nH]1. The first-order chi connectivity index (χ1) is 8.88. The van der Waals surface area contributed by atoms with Gasteiger partial charge in [-0.15, -0.1) is 0 Å². The first-order valence-electron chi connectivity index (χ1n) is 5.98. The maximum atomic E-state index is 4.44. The van der Waals surface area contributed by atoms with Crippen LogP contribution < -0.4 is 5.32 Å². The standard InChI is InChI=1S/C13H14N4S/c1-2-10(12-14-7-8-15-12)16-13-9-5-3-4-6-11(9)17-18-13/h3-8,10,16H,2H2,1H3,(H,14,15). The fraction of sp³-hybridized carbons (Fsp3) is 0.231. The number of H-pyrrole nitrogens is 1. The maximum Gasteiger partial charge on any atom is 0.128 e. The van der Waals surface area contributed by atoms with Crippen LogP contribution in [-0.2, 0) is 0 Å². The second-order valence-electron chi connectivity index (χ2n) is 4.11. The fourth-order valence-electron chi connectivity index (χ4n) is 1.98. The average Bonchev–Trinajstić information content (AvgIpc) is 3.06. The first kappa shape index (κ1) is 11.2. The van der Waals surface area contributed by atoms with E-state index in [0.717, 1.165) is 22.8 Å². The summed E-state index contributed by atoms with van der Waals surface area (Å²) >= 11 is 1.50. The van der Waals surface area contributed by atoms with E-state index in [0.29, 0.717) is 0 Å². The minimum Gasteiger partial charge on any atom is -0.365 e.